The van der Waals surface area contributed by atoms with E-state index >= 15 is 0 Å². The third-order valence-electron chi connectivity index (χ3n) is 2.96. The predicted molar refractivity (Wildman–Crippen MR) is 68.8 cm³/mol. The molecule has 1 aliphatic rings. The van der Waals surface area contributed by atoms with Crippen molar-refractivity contribution in [2.45, 2.75) is 51.7 Å². The van der Waals surface area contributed by atoms with Crippen LogP contribution in [0.15, 0.2) is 6.07 Å². The van der Waals surface area contributed by atoms with Crippen molar-refractivity contribution in [2.75, 3.05) is 6.61 Å². The van der Waals surface area contributed by atoms with Crippen molar-refractivity contribution in [3.05, 3.63) is 11.8 Å². The third-order valence-corrected chi connectivity index (χ3v) is 2.96. The molecule has 0 spiro atoms. The van der Waals surface area contributed by atoms with E-state index in [9.17, 15) is 0 Å². The number of rotatable bonds is 5. The summed E-state index contributed by atoms with van der Waals surface area (Å²) in [6.07, 6.45) is 3.96. The van der Waals surface area contributed by atoms with Gasteiger partial charge in [-0.25, -0.2) is 4.98 Å². The molecule has 18 heavy (non-hydrogen) atoms. The van der Waals surface area contributed by atoms with Crippen molar-refractivity contribution < 1.29 is 9.47 Å². The van der Waals surface area contributed by atoms with Crippen LogP contribution in [0.1, 0.15) is 38.3 Å². The largest absolute Gasteiger partial charge is 0.478 e. The Kier molecular flexibility index (Phi) is 4.36. The molecular formula is C13H21N3O2. The summed E-state index contributed by atoms with van der Waals surface area (Å²) in [5.74, 6) is 0.585. The molecule has 1 aliphatic carbocycles. The van der Waals surface area contributed by atoms with E-state index in [-0.39, 0.29) is 12.1 Å². The fourth-order valence-corrected chi connectivity index (χ4v) is 2.08. The third kappa shape index (κ3) is 3.57. The number of hydrogen-bond donors (Lipinski definition) is 1. The fraction of sp³-hybridized carbons (Fsp3) is 0.692. The molecule has 0 aliphatic heterocycles. The van der Waals surface area contributed by atoms with Gasteiger partial charge in [-0.05, 0) is 32.6 Å². The first kappa shape index (κ1) is 13.1. The van der Waals surface area contributed by atoms with Crippen molar-refractivity contribution >= 4 is 0 Å². The number of nitrogens with two attached hydrogens (primary N) is 1. The maximum atomic E-state index is 5.86. The summed E-state index contributed by atoms with van der Waals surface area (Å²) in [5.41, 5.74) is 6.71. The molecule has 0 saturated heterocycles. The Labute approximate surface area is 108 Å². The van der Waals surface area contributed by atoms with Gasteiger partial charge in [-0.3, -0.25) is 0 Å². The second-order valence-electron chi connectivity index (χ2n) is 4.79. The summed E-state index contributed by atoms with van der Waals surface area (Å²) in [6.45, 7) is 4.63. The lowest BCUT2D eigenvalue weighted by Crippen LogP contribution is -2.20. The summed E-state index contributed by atoms with van der Waals surface area (Å²) in [4.78, 5) is 8.54. The Morgan fingerprint density at radius 2 is 2.22 bits per heavy atom. The predicted octanol–water partition coefficient (Wildman–Crippen LogP) is 1.83. The average molecular weight is 251 g/mol. The van der Waals surface area contributed by atoms with Gasteiger partial charge in [-0.1, -0.05) is 6.92 Å². The zero-order valence-electron chi connectivity index (χ0n) is 11.1. The first-order valence-electron chi connectivity index (χ1n) is 6.58. The molecule has 0 bridgehead atoms. The first-order valence-corrected chi connectivity index (χ1v) is 6.58. The Hall–Kier alpha value is -1.36. The van der Waals surface area contributed by atoms with Gasteiger partial charge in [0.25, 0.3) is 0 Å². The molecule has 2 unspecified atom stereocenters. The van der Waals surface area contributed by atoms with E-state index in [0.29, 0.717) is 18.5 Å². The van der Waals surface area contributed by atoms with Gasteiger partial charge in [0, 0.05) is 17.8 Å². The molecule has 1 saturated carbocycles. The SMILES string of the molecule is CCCOc1cc(C)nc(OC2CCC(N)C2)n1. The molecule has 0 radical (unpaired) electrons. The zero-order chi connectivity index (χ0) is 13.0. The number of ether oxygens (including phenoxy) is 2. The van der Waals surface area contributed by atoms with Gasteiger partial charge < -0.3 is 15.2 Å². The number of hydrogen-bond acceptors (Lipinski definition) is 5. The molecule has 1 aromatic rings. The van der Waals surface area contributed by atoms with Crippen LogP contribution < -0.4 is 15.2 Å². The van der Waals surface area contributed by atoms with Crippen molar-refractivity contribution in [3.63, 3.8) is 0 Å². The molecule has 1 fully saturated rings. The molecular weight excluding hydrogens is 230 g/mol. The minimum atomic E-state index is 0.140. The van der Waals surface area contributed by atoms with Gasteiger partial charge in [0.05, 0.1) is 6.61 Å². The average Bonchev–Trinajstić information content (AvgIpc) is 2.71. The molecule has 2 N–H and O–H groups in total. The van der Waals surface area contributed by atoms with Gasteiger partial charge in [-0.2, -0.15) is 4.98 Å². The number of aromatic nitrogens is 2. The fourth-order valence-electron chi connectivity index (χ4n) is 2.08. The van der Waals surface area contributed by atoms with Gasteiger partial charge in [0.1, 0.15) is 6.10 Å². The topological polar surface area (TPSA) is 70.3 Å². The van der Waals surface area contributed by atoms with Crippen LogP contribution in [0.5, 0.6) is 11.9 Å². The standard InChI is InChI=1S/C13H21N3O2/c1-3-6-17-12-7-9(2)15-13(16-12)18-11-5-4-10(14)8-11/h7,10-11H,3-6,8,14H2,1-2H3. The zero-order valence-corrected chi connectivity index (χ0v) is 11.1. The molecule has 2 atom stereocenters. The van der Waals surface area contributed by atoms with Crippen LogP contribution in [-0.4, -0.2) is 28.7 Å². The second kappa shape index (κ2) is 6.00. The highest BCUT2D eigenvalue weighted by Crippen LogP contribution is 2.23. The molecule has 5 heteroatoms. The minimum absolute atomic E-state index is 0.140. The summed E-state index contributed by atoms with van der Waals surface area (Å²) < 4.78 is 11.3. The molecule has 0 amide bonds. The maximum absolute atomic E-state index is 5.86. The van der Waals surface area contributed by atoms with Gasteiger partial charge in [0.2, 0.25) is 5.88 Å². The molecule has 5 nitrogen and oxygen atoms in total. The lowest BCUT2D eigenvalue weighted by atomic mass is 10.3. The van der Waals surface area contributed by atoms with Crippen molar-refractivity contribution in [1.29, 1.82) is 0 Å². The Bertz CT molecular complexity index is 398. The highest BCUT2D eigenvalue weighted by atomic mass is 16.5. The van der Waals surface area contributed by atoms with Crippen molar-refractivity contribution in [1.82, 2.24) is 9.97 Å². The van der Waals surface area contributed by atoms with Gasteiger partial charge >= 0.3 is 6.01 Å². The minimum Gasteiger partial charge on any atom is -0.478 e. The lowest BCUT2D eigenvalue weighted by Gasteiger charge is -2.13. The smallest absolute Gasteiger partial charge is 0.320 e. The van der Waals surface area contributed by atoms with Crippen LogP contribution in [0.2, 0.25) is 0 Å². The van der Waals surface area contributed by atoms with Crippen LogP contribution in [0.3, 0.4) is 0 Å². The molecule has 0 aromatic carbocycles. The quantitative estimate of drug-likeness (QED) is 0.864. The normalized spacial score (nSPS) is 23.1. The molecule has 1 heterocycles. The van der Waals surface area contributed by atoms with Crippen LogP contribution in [0.4, 0.5) is 0 Å². The van der Waals surface area contributed by atoms with E-state index < -0.39 is 0 Å². The Morgan fingerprint density at radius 1 is 1.39 bits per heavy atom. The van der Waals surface area contributed by atoms with E-state index in [4.69, 9.17) is 15.2 Å². The van der Waals surface area contributed by atoms with Crippen molar-refractivity contribution in [2.24, 2.45) is 5.73 Å². The second-order valence-corrected chi connectivity index (χ2v) is 4.79. The van der Waals surface area contributed by atoms with Crippen LogP contribution in [0.25, 0.3) is 0 Å². The van der Waals surface area contributed by atoms with E-state index in [1.807, 2.05) is 13.0 Å². The monoisotopic (exact) mass is 251 g/mol. The molecule has 1 aromatic heterocycles. The maximum Gasteiger partial charge on any atom is 0.320 e. The summed E-state index contributed by atoms with van der Waals surface area (Å²) in [7, 11) is 0. The highest BCUT2D eigenvalue weighted by Gasteiger charge is 2.24. The van der Waals surface area contributed by atoms with Gasteiger partial charge in [-0.15, -0.1) is 0 Å². The van der Waals surface area contributed by atoms with E-state index in [0.717, 1.165) is 31.4 Å². The van der Waals surface area contributed by atoms with Crippen LogP contribution in [-0.2, 0) is 0 Å². The Balaban J connectivity index is 2.00. The molecule has 100 valence electrons. The van der Waals surface area contributed by atoms with Gasteiger partial charge in [0.15, 0.2) is 0 Å². The first-order chi connectivity index (χ1) is 8.67. The number of aryl methyl sites for hydroxylation is 1. The summed E-state index contributed by atoms with van der Waals surface area (Å²) in [6, 6.07) is 2.47. The van der Waals surface area contributed by atoms with Crippen molar-refractivity contribution in [3.8, 4) is 11.9 Å². The molecule has 2 rings (SSSR count). The van der Waals surface area contributed by atoms with E-state index in [2.05, 4.69) is 16.9 Å². The van der Waals surface area contributed by atoms with Crippen LogP contribution >= 0.6 is 0 Å². The summed E-state index contributed by atoms with van der Waals surface area (Å²) >= 11 is 0. The van der Waals surface area contributed by atoms with E-state index in [1.165, 1.54) is 0 Å². The van der Waals surface area contributed by atoms with E-state index in [1.54, 1.807) is 0 Å². The number of nitrogens with zero attached hydrogens (tertiary/aromatic N) is 2. The summed E-state index contributed by atoms with van der Waals surface area (Å²) in [5, 5.41) is 0. The highest BCUT2D eigenvalue weighted by molar-refractivity contribution is 5.17. The lowest BCUT2D eigenvalue weighted by molar-refractivity contribution is 0.186. The van der Waals surface area contributed by atoms with Crippen LogP contribution in [0, 0.1) is 6.92 Å². The Morgan fingerprint density at radius 3 is 2.89 bits per heavy atom.